The second kappa shape index (κ2) is 6.01. The van der Waals surface area contributed by atoms with Crippen LogP contribution in [0.15, 0.2) is 63.5 Å². The largest absolute Gasteiger partial charge is 0.411 e. The van der Waals surface area contributed by atoms with E-state index in [9.17, 15) is 4.39 Å². The first kappa shape index (κ1) is 14.8. The van der Waals surface area contributed by atoms with Gasteiger partial charge in [0.1, 0.15) is 17.2 Å². The smallest absolute Gasteiger partial charge is 0.283 e. The maximum atomic E-state index is 13.5. The predicted octanol–water partition coefficient (Wildman–Crippen LogP) is 4.28. The molecule has 5 nitrogen and oxygen atoms in total. The molecular weight excluding hydrogens is 327 g/mol. The molecule has 4 aromatic rings. The molecule has 0 amide bonds. The molecule has 0 bridgehead atoms. The third-order valence-electron chi connectivity index (χ3n) is 3.53. The highest BCUT2D eigenvalue weighted by molar-refractivity contribution is 7.99. The van der Waals surface area contributed by atoms with E-state index in [2.05, 4.69) is 20.2 Å². The summed E-state index contributed by atoms with van der Waals surface area (Å²) in [5.74, 6) is 0.102. The number of fused-ring (bicyclic) bond motifs is 1. The van der Waals surface area contributed by atoms with Crippen molar-refractivity contribution >= 4 is 22.7 Å². The zero-order valence-corrected chi connectivity index (χ0v) is 13.4. The van der Waals surface area contributed by atoms with Gasteiger partial charge in [0.2, 0.25) is 5.89 Å². The van der Waals surface area contributed by atoms with Crippen molar-refractivity contribution in [1.82, 2.24) is 20.2 Å². The molecule has 0 fully saturated rings. The summed E-state index contributed by atoms with van der Waals surface area (Å²) in [4.78, 5) is 8.33. The van der Waals surface area contributed by atoms with Crippen LogP contribution in [0.5, 0.6) is 0 Å². The minimum absolute atomic E-state index is 0.342. The molecule has 0 unspecified atom stereocenters. The van der Waals surface area contributed by atoms with Gasteiger partial charge in [0.05, 0.1) is 5.52 Å². The van der Waals surface area contributed by atoms with E-state index in [-0.39, 0.29) is 5.82 Å². The van der Waals surface area contributed by atoms with E-state index in [1.54, 1.807) is 6.07 Å². The summed E-state index contributed by atoms with van der Waals surface area (Å²) in [6.45, 7) is 1.98. The molecule has 0 N–H and O–H groups in total. The molecule has 118 valence electrons. The molecule has 7 heteroatoms. The summed E-state index contributed by atoms with van der Waals surface area (Å²) in [7, 11) is 0. The first-order valence-corrected chi connectivity index (χ1v) is 8.00. The third-order valence-corrected chi connectivity index (χ3v) is 4.39. The van der Waals surface area contributed by atoms with Crippen molar-refractivity contribution in [3.63, 3.8) is 0 Å². The van der Waals surface area contributed by atoms with Crippen LogP contribution in [0, 0.1) is 12.7 Å². The van der Waals surface area contributed by atoms with E-state index in [1.807, 2.05) is 31.2 Å². The molecule has 24 heavy (non-hydrogen) atoms. The Kier molecular flexibility index (Phi) is 3.70. The summed E-state index contributed by atoms with van der Waals surface area (Å²) in [6, 6.07) is 12.2. The molecule has 0 saturated carbocycles. The molecule has 2 heterocycles. The summed E-state index contributed by atoms with van der Waals surface area (Å²) in [6.07, 6.45) is 1.43. The van der Waals surface area contributed by atoms with Crippen molar-refractivity contribution in [1.29, 1.82) is 0 Å². The number of hydrogen-bond acceptors (Lipinski definition) is 6. The lowest BCUT2D eigenvalue weighted by atomic mass is 10.1. The van der Waals surface area contributed by atoms with Crippen LogP contribution in [0.25, 0.3) is 22.4 Å². The zero-order chi connectivity index (χ0) is 16.5. The molecule has 0 aliphatic heterocycles. The summed E-state index contributed by atoms with van der Waals surface area (Å²) in [5, 5.41) is 9.66. The summed E-state index contributed by atoms with van der Waals surface area (Å²) >= 11 is 1.19. The molecule has 0 radical (unpaired) electrons. The van der Waals surface area contributed by atoms with Crippen LogP contribution < -0.4 is 0 Å². The number of rotatable bonds is 3. The van der Waals surface area contributed by atoms with Crippen LogP contribution in [0.4, 0.5) is 4.39 Å². The number of benzene rings is 2. The lowest BCUT2D eigenvalue weighted by molar-refractivity contribution is 0.465. The number of aryl methyl sites for hydroxylation is 1. The van der Waals surface area contributed by atoms with Gasteiger partial charge in [0.25, 0.3) is 5.22 Å². The fraction of sp³-hybridized carbons (Fsp3) is 0.0588. The highest BCUT2D eigenvalue weighted by Crippen LogP contribution is 2.32. The van der Waals surface area contributed by atoms with E-state index in [0.29, 0.717) is 27.0 Å². The van der Waals surface area contributed by atoms with Crippen molar-refractivity contribution in [2.24, 2.45) is 0 Å². The van der Waals surface area contributed by atoms with E-state index in [1.165, 1.54) is 30.2 Å². The molecule has 2 aromatic carbocycles. The first-order chi connectivity index (χ1) is 11.7. The molecule has 0 aliphatic rings. The Morgan fingerprint density at radius 3 is 2.79 bits per heavy atom. The van der Waals surface area contributed by atoms with Crippen LogP contribution in [-0.2, 0) is 0 Å². The second-order valence-electron chi connectivity index (χ2n) is 5.13. The summed E-state index contributed by atoms with van der Waals surface area (Å²) in [5.41, 5.74) is 2.59. The van der Waals surface area contributed by atoms with Crippen molar-refractivity contribution < 1.29 is 8.81 Å². The quantitative estimate of drug-likeness (QED) is 0.520. The molecule has 0 atom stereocenters. The number of hydrogen-bond donors (Lipinski definition) is 0. The third kappa shape index (κ3) is 2.74. The highest BCUT2D eigenvalue weighted by Gasteiger charge is 2.14. The average molecular weight is 338 g/mol. The highest BCUT2D eigenvalue weighted by atomic mass is 32.2. The van der Waals surface area contributed by atoms with Crippen LogP contribution in [-0.4, -0.2) is 20.2 Å². The van der Waals surface area contributed by atoms with E-state index >= 15 is 0 Å². The minimum atomic E-state index is -0.342. The van der Waals surface area contributed by atoms with Gasteiger partial charge in [-0.15, -0.1) is 10.2 Å². The lowest BCUT2D eigenvalue weighted by Gasteiger charge is -2.02. The first-order valence-electron chi connectivity index (χ1n) is 7.18. The van der Waals surface area contributed by atoms with E-state index in [4.69, 9.17) is 4.42 Å². The van der Waals surface area contributed by atoms with Gasteiger partial charge in [-0.25, -0.2) is 14.4 Å². The number of halogens is 1. The van der Waals surface area contributed by atoms with Crippen molar-refractivity contribution in [2.75, 3.05) is 0 Å². The van der Waals surface area contributed by atoms with Gasteiger partial charge in [-0.05, 0) is 48.5 Å². The second-order valence-corrected chi connectivity index (χ2v) is 6.07. The standard InChI is InChI=1S/C17H11FN4OS/c1-10-4-2-3-5-12(10)15-21-22-17(23-15)24-16-13-8-11(18)6-7-14(13)19-9-20-16/h2-9H,1H3. The van der Waals surface area contributed by atoms with Gasteiger partial charge in [-0.2, -0.15) is 0 Å². The Morgan fingerprint density at radius 2 is 1.92 bits per heavy atom. The number of nitrogens with zero attached hydrogens (tertiary/aromatic N) is 4. The normalized spacial score (nSPS) is 11.1. The zero-order valence-electron chi connectivity index (χ0n) is 12.6. The Labute approximate surface area is 141 Å². The fourth-order valence-corrected chi connectivity index (χ4v) is 3.08. The van der Waals surface area contributed by atoms with Crippen molar-refractivity contribution in [2.45, 2.75) is 17.2 Å². The monoisotopic (exact) mass is 338 g/mol. The SMILES string of the molecule is Cc1ccccc1-c1nnc(Sc2ncnc3ccc(F)cc23)o1. The fourth-order valence-electron chi connectivity index (χ4n) is 2.34. The average Bonchev–Trinajstić information content (AvgIpc) is 3.04. The van der Waals surface area contributed by atoms with Crippen molar-refractivity contribution in [3.8, 4) is 11.5 Å². The van der Waals surface area contributed by atoms with Crippen LogP contribution in [0.2, 0.25) is 0 Å². The Morgan fingerprint density at radius 1 is 1.04 bits per heavy atom. The van der Waals surface area contributed by atoms with Crippen LogP contribution in [0.1, 0.15) is 5.56 Å². The Hall–Kier alpha value is -2.80. The number of aromatic nitrogens is 4. The van der Waals surface area contributed by atoms with Gasteiger partial charge in [0.15, 0.2) is 0 Å². The minimum Gasteiger partial charge on any atom is -0.411 e. The van der Waals surface area contributed by atoms with E-state index < -0.39 is 0 Å². The van der Waals surface area contributed by atoms with Gasteiger partial charge in [-0.1, -0.05) is 18.2 Å². The van der Waals surface area contributed by atoms with Crippen molar-refractivity contribution in [3.05, 3.63) is 60.2 Å². The van der Waals surface area contributed by atoms with Gasteiger partial charge in [0, 0.05) is 10.9 Å². The van der Waals surface area contributed by atoms with E-state index in [0.717, 1.165) is 11.1 Å². The topological polar surface area (TPSA) is 64.7 Å². The predicted molar refractivity (Wildman–Crippen MR) is 88.1 cm³/mol. The lowest BCUT2D eigenvalue weighted by Crippen LogP contribution is -1.88. The van der Waals surface area contributed by atoms with Crippen LogP contribution >= 0.6 is 11.8 Å². The molecule has 0 spiro atoms. The maximum Gasteiger partial charge on any atom is 0.283 e. The molecule has 0 aliphatic carbocycles. The van der Waals surface area contributed by atoms with Gasteiger partial charge >= 0.3 is 0 Å². The van der Waals surface area contributed by atoms with Gasteiger partial charge in [-0.3, -0.25) is 0 Å². The Balaban J connectivity index is 1.70. The molecule has 2 aromatic heterocycles. The van der Waals surface area contributed by atoms with Gasteiger partial charge < -0.3 is 4.42 Å². The molecular formula is C17H11FN4OS. The molecule has 4 rings (SSSR count). The maximum absolute atomic E-state index is 13.5. The Bertz CT molecular complexity index is 1030. The van der Waals surface area contributed by atoms with Crippen LogP contribution in [0.3, 0.4) is 0 Å². The summed E-state index contributed by atoms with van der Waals surface area (Å²) < 4.78 is 19.2. The molecule has 0 saturated heterocycles.